The maximum absolute atomic E-state index is 12.4. The Morgan fingerprint density at radius 1 is 1.26 bits per heavy atom. The molecule has 4 aromatic rings. The third kappa shape index (κ3) is 3.64. The molecule has 9 heteroatoms. The van der Waals surface area contributed by atoms with E-state index >= 15 is 0 Å². The van der Waals surface area contributed by atoms with Gasteiger partial charge in [-0.2, -0.15) is 4.52 Å². The van der Waals surface area contributed by atoms with Crippen molar-refractivity contribution >= 4 is 28.4 Å². The number of hydrogen-bond donors (Lipinski definition) is 3. The molecule has 0 saturated heterocycles. The fourth-order valence-corrected chi connectivity index (χ4v) is 3.56. The summed E-state index contributed by atoms with van der Waals surface area (Å²) in [5.74, 6) is 1.03. The molecule has 0 unspecified atom stereocenters. The first-order chi connectivity index (χ1) is 14.7. The summed E-state index contributed by atoms with van der Waals surface area (Å²) in [6.45, 7) is 3.39. The fourth-order valence-electron chi connectivity index (χ4n) is 3.56. The van der Waals surface area contributed by atoms with Crippen molar-refractivity contribution in [3.05, 3.63) is 58.9 Å². The Labute approximate surface area is 178 Å². The number of nitrogens with one attached hydrogen (secondary N) is 1. The Hall–Kier alpha value is -3.72. The molecule has 0 aliphatic carbocycles. The average Bonchev–Trinajstić information content (AvgIpc) is 3.17. The summed E-state index contributed by atoms with van der Waals surface area (Å²) in [7, 11) is 3.15. The van der Waals surface area contributed by atoms with Crippen molar-refractivity contribution in [1.29, 1.82) is 0 Å². The van der Waals surface area contributed by atoms with Gasteiger partial charge in [-0.1, -0.05) is 18.2 Å². The van der Waals surface area contributed by atoms with Crippen LogP contribution < -0.4 is 15.8 Å². The van der Waals surface area contributed by atoms with Crippen LogP contribution in [0.2, 0.25) is 0 Å². The van der Waals surface area contributed by atoms with Crippen molar-refractivity contribution in [2.45, 2.75) is 25.9 Å². The zero-order valence-corrected chi connectivity index (χ0v) is 17.8. The Kier molecular flexibility index (Phi) is 4.98. The first kappa shape index (κ1) is 20.5. The Morgan fingerprint density at radius 2 is 2.03 bits per heavy atom. The SMILES string of the molecule is CNC(=O)c1ccc(C(C)(C)O)cc1Cc1nc2c3cccc(OC)c3nc(N)n2n1. The first-order valence-electron chi connectivity index (χ1n) is 9.78. The molecule has 4 N–H and O–H groups in total. The highest BCUT2D eigenvalue weighted by Gasteiger charge is 2.21. The minimum absolute atomic E-state index is 0.183. The van der Waals surface area contributed by atoms with Gasteiger partial charge in [-0.15, -0.1) is 5.10 Å². The average molecular weight is 420 g/mol. The predicted octanol–water partition coefficient (Wildman–Crippen LogP) is 2.05. The maximum Gasteiger partial charge on any atom is 0.251 e. The minimum atomic E-state index is -1.05. The quantitative estimate of drug-likeness (QED) is 0.451. The fraction of sp³-hybridized carbons (Fsp3) is 0.273. The van der Waals surface area contributed by atoms with Crippen LogP contribution in [-0.4, -0.2) is 44.8 Å². The number of amides is 1. The van der Waals surface area contributed by atoms with Gasteiger partial charge < -0.3 is 20.9 Å². The van der Waals surface area contributed by atoms with Crippen molar-refractivity contribution in [3.8, 4) is 5.75 Å². The molecule has 1 amide bonds. The number of aliphatic hydroxyl groups is 1. The van der Waals surface area contributed by atoms with Crippen LogP contribution in [0.25, 0.3) is 16.6 Å². The van der Waals surface area contributed by atoms with Crippen molar-refractivity contribution in [2.75, 3.05) is 19.9 Å². The second kappa shape index (κ2) is 7.51. The topological polar surface area (TPSA) is 128 Å². The lowest BCUT2D eigenvalue weighted by Gasteiger charge is -2.19. The van der Waals surface area contributed by atoms with Gasteiger partial charge in [0.2, 0.25) is 5.95 Å². The van der Waals surface area contributed by atoms with Gasteiger partial charge in [-0.05, 0) is 43.2 Å². The minimum Gasteiger partial charge on any atom is -0.494 e. The largest absolute Gasteiger partial charge is 0.494 e. The molecule has 0 fully saturated rings. The van der Waals surface area contributed by atoms with Gasteiger partial charge in [0.25, 0.3) is 5.91 Å². The van der Waals surface area contributed by atoms with Crippen LogP contribution in [-0.2, 0) is 12.0 Å². The van der Waals surface area contributed by atoms with E-state index in [1.165, 1.54) is 4.52 Å². The number of para-hydroxylation sites is 1. The predicted molar refractivity (Wildman–Crippen MR) is 117 cm³/mol. The van der Waals surface area contributed by atoms with Crippen LogP contribution in [0.4, 0.5) is 5.95 Å². The number of benzene rings is 2. The van der Waals surface area contributed by atoms with E-state index in [4.69, 9.17) is 10.5 Å². The summed E-state index contributed by atoms with van der Waals surface area (Å²) in [6, 6.07) is 10.8. The van der Waals surface area contributed by atoms with Crippen molar-refractivity contribution < 1.29 is 14.6 Å². The van der Waals surface area contributed by atoms with E-state index in [0.29, 0.717) is 39.4 Å². The third-order valence-electron chi connectivity index (χ3n) is 5.19. The molecular formula is C22H24N6O3. The molecule has 2 aromatic carbocycles. The van der Waals surface area contributed by atoms with Gasteiger partial charge in [0.05, 0.1) is 12.7 Å². The normalized spacial score (nSPS) is 11.8. The number of nitrogens with two attached hydrogens (primary N) is 1. The van der Waals surface area contributed by atoms with Crippen LogP contribution in [0.15, 0.2) is 36.4 Å². The molecule has 0 radical (unpaired) electrons. The number of carbonyl (C=O) groups excluding carboxylic acids is 1. The monoisotopic (exact) mass is 420 g/mol. The van der Waals surface area contributed by atoms with Crippen LogP contribution in [0, 0.1) is 0 Å². The number of ether oxygens (including phenoxy) is 1. The zero-order chi connectivity index (χ0) is 22.3. The van der Waals surface area contributed by atoms with Crippen molar-refractivity contribution in [3.63, 3.8) is 0 Å². The number of anilines is 1. The summed E-state index contributed by atoms with van der Waals surface area (Å²) in [5, 5.41) is 18.3. The van der Waals surface area contributed by atoms with Gasteiger partial charge in [0, 0.05) is 24.4 Å². The van der Waals surface area contributed by atoms with Crippen LogP contribution in [0.3, 0.4) is 0 Å². The van der Waals surface area contributed by atoms with E-state index in [-0.39, 0.29) is 18.3 Å². The number of rotatable bonds is 5. The molecule has 4 rings (SSSR count). The third-order valence-corrected chi connectivity index (χ3v) is 5.19. The molecule has 0 saturated carbocycles. The lowest BCUT2D eigenvalue weighted by molar-refractivity contribution is 0.0783. The van der Waals surface area contributed by atoms with E-state index in [9.17, 15) is 9.90 Å². The lowest BCUT2D eigenvalue weighted by atomic mass is 9.92. The first-order valence-corrected chi connectivity index (χ1v) is 9.78. The second-order valence-corrected chi connectivity index (χ2v) is 7.78. The summed E-state index contributed by atoms with van der Waals surface area (Å²) >= 11 is 0. The molecule has 0 bridgehead atoms. The van der Waals surface area contributed by atoms with E-state index in [0.717, 1.165) is 5.39 Å². The van der Waals surface area contributed by atoms with E-state index in [2.05, 4.69) is 20.4 Å². The van der Waals surface area contributed by atoms with Crippen LogP contribution in [0.5, 0.6) is 5.75 Å². The molecular weight excluding hydrogens is 396 g/mol. The number of hydrogen-bond acceptors (Lipinski definition) is 7. The summed E-state index contributed by atoms with van der Waals surface area (Å²) in [6.07, 6.45) is 0.277. The molecule has 0 aliphatic heterocycles. The molecule has 0 spiro atoms. The highest BCUT2D eigenvalue weighted by atomic mass is 16.5. The highest BCUT2D eigenvalue weighted by Crippen LogP contribution is 2.28. The van der Waals surface area contributed by atoms with Crippen LogP contribution in [0.1, 0.15) is 41.2 Å². The smallest absolute Gasteiger partial charge is 0.251 e. The number of fused-ring (bicyclic) bond motifs is 3. The van der Waals surface area contributed by atoms with Gasteiger partial charge >= 0.3 is 0 Å². The Bertz CT molecular complexity index is 1310. The molecule has 9 nitrogen and oxygen atoms in total. The zero-order valence-electron chi connectivity index (χ0n) is 17.8. The standard InChI is InChI=1S/C22H24N6O3/c1-22(2,30)13-8-9-14(20(29)24-3)12(10-13)11-17-25-19-15-6-5-7-16(31-4)18(15)26-21(23)28(19)27-17/h5-10,30H,11H2,1-4H3,(H2,23,26)(H,24,29). The van der Waals surface area contributed by atoms with E-state index < -0.39 is 5.60 Å². The highest BCUT2D eigenvalue weighted by molar-refractivity contribution is 5.96. The van der Waals surface area contributed by atoms with Crippen molar-refractivity contribution in [1.82, 2.24) is 24.9 Å². The van der Waals surface area contributed by atoms with Gasteiger partial charge in [-0.3, -0.25) is 4.79 Å². The molecule has 2 aromatic heterocycles. The molecule has 31 heavy (non-hydrogen) atoms. The summed E-state index contributed by atoms with van der Waals surface area (Å²) in [4.78, 5) is 21.5. The van der Waals surface area contributed by atoms with Gasteiger partial charge in [0.15, 0.2) is 11.5 Å². The number of carbonyl (C=O) groups is 1. The summed E-state index contributed by atoms with van der Waals surface area (Å²) in [5.41, 5.74) is 8.11. The molecule has 160 valence electrons. The van der Waals surface area contributed by atoms with Gasteiger partial charge in [0.1, 0.15) is 11.3 Å². The molecule has 2 heterocycles. The van der Waals surface area contributed by atoms with Gasteiger partial charge in [-0.25, -0.2) is 9.97 Å². The Balaban J connectivity index is 1.86. The van der Waals surface area contributed by atoms with E-state index in [1.54, 1.807) is 52.3 Å². The van der Waals surface area contributed by atoms with Crippen molar-refractivity contribution in [2.24, 2.45) is 0 Å². The number of aromatic nitrogens is 4. The lowest BCUT2D eigenvalue weighted by Crippen LogP contribution is -2.22. The second-order valence-electron chi connectivity index (χ2n) is 7.78. The van der Waals surface area contributed by atoms with E-state index in [1.807, 2.05) is 12.1 Å². The number of nitrogens with zero attached hydrogens (tertiary/aromatic N) is 4. The summed E-state index contributed by atoms with van der Waals surface area (Å²) < 4.78 is 6.87. The Morgan fingerprint density at radius 3 is 2.71 bits per heavy atom. The van der Waals surface area contributed by atoms with Crippen LogP contribution >= 0.6 is 0 Å². The maximum atomic E-state index is 12.4. The number of nitrogen functional groups attached to an aromatic ring is 1. The number of methoxy groups -OCH3 is 1. The molecule has 0 atom stereocenters. The molecule has 0 aliphatic rings.